The Hall–Kier alpha value is -1.77. The summed E-state index contributed by atoms with van der Waals surface area (Å²) in [6.07, 6.45) is 0. The Bertz CT molecular complexity index is 572. The summed E-state index contributed by atoms with van der Waals surface area (Å²) in [6.45, 7) is 0. The van der Waals surface area contributed by atoms with Crippen molar-refractivity contribution in [2.45, 2.75) is 4.90 Å². The van der Waals surface area contributed by atoms with E-state index >= 15 is 0 Å². The number of thiophene rings is 1. The molecule has 0 radical (unpaired) electrons. The van der Waals surface area contributed by atoms with Gasteiger partial charge in [-0.15, -0.1) is 23.1 Å². The molecule has 0 fully saturated rings. The highest BCUT2D eigenvalue weighted by atomic mass is 32.2. The van der Waals surface area contributed by atoms with E-state index in [0.29, 0.717) is 16.3 Å². The van der Waals surface area contributed by atoms with Crippen molar-refractivity contribution in [1.29, 1.82) is 5.26 Å². The van der Waals surface area contributed by atoms with E-state index in [9.17, 15) is 4.79 Å². The molecule has 18 heavy (non-hydrogen) atoms. The van der Waals surface area contributed by atoms with Crippen LogP contribution in [0.15, 0.2) is 46.7 Å². The van der Waals surface area contributed by atoms with Crippen molar-refractivity contribution in [3.05, 3.63) is 47.3 Å². The van der Waals surface area contributed by atoms with Crippen LogP contribution in [0, 0.1) is 11.3 Å². The van der Waals surface area contributed by atoms with Gasteiger partial charge in [-0.2, -0.15) is 5.26 Å². The van der Waals surface area contributed by atoms with Crippen LogP contribution in [-0.4, -0.2) is 11.7 Å². The lowest BCUT2D eigenvalue weighted by atomic mass is 10.3. The van der Waals surface area contributed by atoms with Crippen LogP contribution in [0.4, 0.5) is 5.00 Å². The summed E-state index contributed by atoms with van der Waals surface area (Å²) in [4.78, 5) is 12.8. The van der Waals surface area contributed by atoms with Crippen LogP contribution >= 0.6 is 23.1 Å². The Kier molecular flexibility index (Phi) is 4.40. The summed E-state index contributed by atoms with van der Waals surface area (Å²) in [6, 6.07) is 13.5. The molecule has 1 aromatic carbocycles. The van der Waals surface area contributed by atoms with E-state index in [1.165, 1.54) is 23.1 Å². The number of nitrogens with zero attached hydrogens (tertiary/aromatic N) is 1. The van der Waals surface area contributed by atoms with Crippen LogP contribution in [0.25, 0.3) is 0 Å². The van der Waals surface area contributed by atoms with Gasteiger partial charge in [0.15, 0.2) is 0 Å². The number of thioether (sulfide) groups is 1. The molecule has 3 nitrogen and oxygen atoms in total. The van der Waals surface area contributed by atoms with Crippen LogP contribution < -0.4 is 5.32 Å². The van der Waals surface area contributed by atoms with Gasteiger partial charge < -0.3 is 5.32 Å². The highest BCUT2D eigenvalue weighted by Gasteiger charge is 2.08. The van der Waals surface area contributed by atoms with Gasteiger partial charge in [0.2, 0.25) is 5.91 Å². The smallest absolute Gasteiger partial charge is 0.235 e. The van der Waals surface area contributed by atoms with E-state index in [1.807, 2.05) is 36.4 Å². The number of hydrogen-bond acceptors (Lipinski definition) is 4. The second kappa shape index (κ2) is 6.24. The normalized spacial score (nSPS) is 9.72. The maximum absolute atomic E-state index is 11.7. The van der Waals surface area contributed by atoms with Gasteiger partial charge in [-0.25, -0.2) is 0 Å². The molecular formula is C13H10N2OS2. The van der Waals surface area contributed by atoms with E-state index in [0.717, 1.165) is 4.90 Å². The molecule has 0 aliphatic heterocycles. The average molecular weight is 274 g/mol. The minimum atomic E-state index is -0.0946. The van der Waals surface area contributed by atoms with Crippen LogP contribution in [-0.2, 0) is 4.79 Å². The number of nitrogens with one attached hydrogen (secondary N) is 1. The summed E-state index contributed by atoms with van der Waals surface area (Å²) >= 11 is 2.83. The fourth-order valence-corrected chi connectivity index (χ4v) is 2.80. The largest absolute Gasteiger partial charge is 0.316 e. The maximum Gasteiger partial charge on any atom is 0.235 e. The lowest BCUT2D eigenvalue weighted by Crippen LogP contribution is -2.13. The monoisotopic (exact) mass is 274 g/mol. The van der Waals surface area contributed by atoms with Gasteiger partial charge in [0.1, 0.15) is 11.1 Å². The summed E-state index contributed by atoms with van der Waals surface area (Å²) < 4.78 is 0. The molecule has 0 unspecified atom stereocenters. The zero-order valence-corrected chi connectivity index (χ0v) is 11.1. The van der Waals surface area contributed by atoms with Gasteiger partial charge in [0.05, 0.1) is 11.3 Å². The van der Waals surface area contributed by atoms with E-state index < -0.39 is 0 Å². The van der Waals surface area contributed by atoms with Crippen molar-refractivity contribution >= 4 is 34.0 Å². The molecule has 0 aliphatic rings. The molecule has 0 saturated carbocycles. The van der Waals surface area contributed by atoms with Crippen molar-refractivity contribution in [3.8, 4) is 6.07 Å². The molecule has 0 saturated heterocycles. The number of benzene rings is 1. The standard InChI is InChI=1S/C13H10N2OS2/c14-8-10-6-7-17-13(10)15-12(16)9-18-11-4-2-1-3-5-11/h1-7H,9H2,(H,15,16). The van der Waals surface area contributed by atoms with E-state index in [-0.39, 0.29) is 5.91 Å². The molecule has 1 aromatic heterocycles. The fraction of sp³-hybridized carbons (Fsp3) is 0.0769. The third-order valence-electron chi connectivity index (χ3n) is 2.15. The Morgan fingerprint density at radius 3 is 2.83 bits per heavy atom. The fourth-order valence-electron chi connectivity index (χ4n) is 1.32. The maximum atomic E-state index is 11.7. The lowest BCUT2D eigenvalue weighted by Gasteiger charge is -2.03. The van der Waals surface area contributed by atoms with Gasteiger partial charge in [-0.05, 0) is 23.6 Å². The Labute approximate surface area is 113 Å². The second-order valence-electron chi connectivity index (χ2n) is 3.43. The number of hydrogen-bond donors (Lipinski definition) is 1. The summed E-state index contributed by atoms with van der Waals surface area (Å²) in [5, 5.41) is 14.0. The number of carbonyl (C=O) groups excluding carboxylic acids is 1. The first-order chi connectivity index (χ1) is 8.79. The summed E-state index contributed by atoms with van der Waals surface area (Å²) in [5.74, 6) is 0.245. The molecule has 1 amide bonds. The van der Waals surface area contributed by atoms with Gasteiger partial charge in [-0.3, -0.25) is 4.79 Å². The van der Waals surface area contributed by atoms with Gasteiger partial charge in [0.25, 0.3) is 0 Å². The number of nitriles is 1. The van der Waals surface area contributed by atoms with E-state index in [4.69, 9.17) is 5.26 Å². The third kappa shape index (κ3) is 3.36. The van der Waals surface area contributed by atoms with Gasteiger partial charge >= 0.3 is 0 Å². The minimum Gasteiger partial charge on any atom is -0.316 e. The SMILES string of the molecule is N#Cc1ccsc1NC(=O)CSc1ccccc1. The van der Waals surface area contributed by atoms with Crippen molar-refractivity contribution in [2.75, 3.05) is 11.1 Å². The molecule has 1 heterocycles. The molecule has 0 spiro atoms. The Morgan fingerprint density at radius 2 is 2.11 bits per heavy atom. The first-order valence-electron chi connectivity index (χ1n) is 5.25. The molecular weight excluding hydrogens is 264 g/mol. The van der Waals surface area contributed by atoms with Crippen molar-refractivity contribution < 1.29 is 4.79 Å². The molecule has 90 valence electrons. The van der Waals surface area contributed by atoms with Gasteiger partial charge in [0, 0.05) is 4.90 Å². The predicted octanol–water partition coefficient (Wildman–Crippen LogP) is 3.35. The number of carbonyl (C=O) groups is 1. The van der Waals surface area contributed by atoms with E-state index in [2.05, 4.69) is 5.32 Å². The zero-order valence-electron chi connectivity index (χ0n) is 9.42. The van der Waals surface area contributed by atoms with Crippen molar-refractivity contribution in [3.63, 3.8) is 0 Å². The first kappa shape index (κ1) is 12.7. The highest BCUT2D eigenvalue weighted by molar-refractivity contribution is 8.00. The summed E-state index contributed by atoms with van der Waals surface area (Å²) in [7, 11) is 0. The predicted molar refractivity (Wildman–Crippen MR) is 74.8 cm³/mol. The molecule has 1 N–H and O–H groups in total. The molecule has 5 heteroatoms. The molecule has 0 atom stereocenters. The van der Waals surface area contributed by atoms with E-state index in [1.54, 1.807) is 11.4 Å². The molecule has 0 aliphatic carbocycles. The second-order valence-corrected chi connectivity index (χ2v) is 5.39. The quantitative estimate of drug-likeness (QED) is 0.870. The number of anilines is 1. The molecule has 0 bridgehead atoms. The highest BCUT2D eigenvalue weighted by Crippen LogP contribution is 2.23. The summed E-state index contributed by atoms with van der Waals surface area (Å²) in [5.41, 5.74) is 0.512. The van der Waals surface area contributed by atoms with Crippen LogP contribution in [0.1, 0.15) is 5.56 Å². The Morgan fingerprint density at radius 1 is 1.33 bits per heavy atom. The number of amides is 1. The lowest BCUT2D eigenvalue weighted by molar-refractivity contribution is -0.113. The topological polar surface area (TPSA) is 52.9 Å². The van der Waals surface area contributed by atoms with Crippen molar-refractivity contribution in [1.82, 2.24) is 0 Å². The average Bonchev–Trinajstić information content (AvgIpc) is 2.85. The molecule has 2 rings (SSSR count). The number of rotatable bonds is 4. The van der Waals surface area contributed by atoms with Crippen molar-refractivity contribution in [2.24, 2.45) is 0 Å². The Balaban J connectivity index is 1.88. The third-order valence-corrected chi connectivity index (χ3v) is 3.99. The zero-order chi connectivity index (χ0) is 12.8. The minimum absolute atomic E-state index is 0.0946. The first-order valence-corrected chi connectivity index (χ1v) is 7.11. The van der Waals surface area contributed by atoms with Crippen LogP contribution in [0.3, 0.4) is 0 Å². The molecule has 2 aromatic rings. The van der Waals surface area contributed by atoms with Crippen LogP contribution in [0.2, 0.25) is 0 Å². The van der Waals surface area contributed by atoms with Gasteiger partial charge in [-0.1, -0.05) is 18.2 Å². The van der Waals surface area contributed by atoms with Crippen LogP contribution in [0.5, 0.6) is 0 Å².